The molecule has 0 aliphatic carbocycles. The molecule has 3 rings (SSSR count). The van der Waals surface area contributed by atoms with Gasteiger partial charge >= 0.3 is 0 Å². The molecule has 26 heavy (non-hydrogen) atoms. The van der Waals surface area contributed by atoms with Crippen molar-refractivity contribution in [2.24, 2.45) is 0 Å². The third-order valence-electron chi connectivity index (χ3n) is 3.55. The molecule has 0 saturated heterocycles. The second-order valence-corrected chi connectivity index (χ2v) is 6.15. The Morgan fingerprint density at radius 1 is 1.19 bits per heavy atom. The molecule has 1 aromatic carbocycles. The average molecular weight is 372 g/mol. The Balaban J connectivity index is 2.00. The number of aliphatic hydroxyl groups is 1. The number of aliphatic hydroxyl groups excluding tert-OH is 1. The van der Waals surface area contributed by atoms with E-state index >= 15 is 0 Å². The summed E-state index contributed by atoms with van der Waals surface area (Å²) in [6, 6.07) is 9.93. The zero-order chi connectivity index (χ0) is 18.5. The van der Waals surface area contributed by atoms with Crippen LogP contribution in [0, 0.1) is 0 Å². The van der Waals surface area contributed by atoms with E-state index in [1.807, 2.05) is 19.1 Å². The number of anilines is 3. The minimum absolute atomic E-state index is 0.0502. The topological polar surface area (TPSA) is 103 Å². The summed E-state index contributed by atoms with van der Waals surface area (Å²) >= 11 is 6.00. The Morgan fingerprint density at radius 2 is 2.04 bits per heavy atom. The number of benzene rings is 1. The van der Waals surface area contributed by atoms with Gasteiger partial charge in [0.15, 0.2) is 0 Å². The summed E-state index contributed by atoms with van der Waals surface area (Å²) < 4.78 is 0. The molecule has 1 atom stereocenters. The van der Waals surface area contributed by atoms with Crippen LogP contribution in [0.25, 0.3) is 11.3 Å². The van der Waals surface area contributed by atoms with Gasteiger partial charge in [-0.15, -0.1) is 0 Å². The van der Waals surface area contributed by atoms with Gasteiger partial charge in [0, 0.05) is 35.1 Å². The summed E-state index contributed by atoms with van der Waals surface area (Å²) in [5.41, 5.74) is 1.88. The highest BCUT2D eigenvalue weighted by molar-refractivity contribution is 6.30. The molecule has 134 valence electrons. The molecular formula is C18H18ClN5O2. The van der Waals surface area contributed by atoms with Crippen LogP contribution in [-0.4, -0.2) is 37.8 Å². The molecule has 0 aliphatic heterocycles. The molecule has 7 nitrogen and oxygen atoms in total. The average Bonchev–Trinajstić information content (AvgIpc) is 2.65. The first-order chi connectivity index (χ1) is 12.5. The Bertz CT molecular complexity index is 892. The SMILES string of the molecule is C[C@@H](CO)Nc1nc(Nc2cc(Cl)ccc2O)cc(-c2cccnc2)n1. The minimum atomic E-state index is -0.216. The number of pyridine rings is 1. The lowest BCUT2D eigenvalue weighted by Gasteiger charge is -2.14. The highest BCUT2D eigenvalue weighted by atomic mass is 35.5. The highest BCUT2D eigenvalue weighted by Crippen LogP contribution is 2.30. The number of aromatic hydroxyl groups is 1. The van der Waals surface area contributed by atoms with Crippen LogP contribution in [0.5, 0.6) is 5.75 Å². The second kappa shape index (κ2) is 7.99. The van der Waals surface area contributed by atoms with Gasteiger partial charge in [0.1, 0.15) is 11.6 Å². The lowest BCUT2D eigenvalue weighted by atomic mass is 10.2. The Morgan fingerprint density at radius 3 is 2.77 bits per heavy atom. The molecule has 0 fully saturated rings. The Labute approximate surface area is 155 Å². The highest BCUT2D eigenvalue weighted by Gasteiger charge is 2.11. The van der Waals surface area contributed by atoms with Gasteiger partial charge in [-0.3, -0.25) is 4.98 Å². The van der Waals surface area contributed by atoms with E-state index in [1.54, 1.807) is 30.6 Å². The first-order valence-corrected chi connectivity index (χ1v) is 8.35. The van der Waals surface area contributed by atoms with E-state index in [0.717, 1.165) is 5.56 Å². The van der Waals surface area contributed by atoms with E-state index in [0.29, 0.717) is 28.2 Å². The van der Waals surface area contributed by atoms with E-state index in [2.05, 4.69) is 25.6 Å². The summed E-state index contributed by atoms with van der Waals surface area (Å²) in [5, 5.41) is 25.8. The summed E-state index contributed by atoms with van der Waals surface area (Å²) in [5.74, 6) is 0.857. The van der Waals surface area contributed by atoms with Crippen molar-refractivity contribution in [2.45, 2.75) is 13.0 Å². The van der Waals surface area contributed by atoms with Gasteiger partial charge in [-0.25, -0.2) is 4.98 Å². The summed E-state index contributed by atoms with van der Waals surface area (Å²) in [7, 11) is 0. The van der Waals surface area contributed by atoms with E-state index in [4.69, 9.17) is 11.6 Å². The summed E-state index contributed by atoms with van der Waals surface area (Å²) in [4.78, 5) is 13.0. The number of nitrogens with one attached hydrogen (secondary N) is 2. The number of hydrogen-bond donors (Lipinski definition) is 4. The molecular weight excluding hydrogens is 354 g/mol. The number of nitrogens with zero attached hydrogens (tertiary/aromatic N) is 3. The standard InChI is InChI=1S/C18H18ClN5O2/c1-11(10-25)21-18-23-14(12-3-2-6-20-9-12)8-17(24-18)22-15-7-13(19)4-5-16(15)26/h2-9,11,25-26H,10H2,1H3,(H2,21,22,23,24)/t11-/m0/s1. The molecule has 0 aliphatic rings. The van der Waals surface area contributed by atoms with Crippen molar-refractivity contribution in [3.63, 3.8) is 0 Å². The smallest absolute Gasteiger partial charge is 0.225 e. The molecule has 2 heterocycles. The molecule has 2 aromatic heterocycles. The molecule has 4 N–H and O–H groups in total. The molecule has 0 saturated carbocycles. The van der Waals surface area contributed by atoms with Crippen LogP contribution in [0.2, 0.25) is 5.02 Å². The van der Waals surface area contributed by atoms with Gasteiger partial charge in [-0.2, -0.15) is 4.98 Å². The van der Waals surface area contributed by atoms with Gasteiger partial charge < -0.3 is 20.8 Å². The molecule has 0 spiro atoms. The number of rotatable bonds is 6. The number of hydrogen-bond acceptors (Lipinski definition) is 7. The van der Waals surface area contributed by atoms with Gasteiger partial charge in [0.2, 0.25) is 5.95 Å². The maximum absolute atomic E-state index is 10.0. The van der Waals surface area contributed by atoms with Crippen LogP contribution in [0.3, 0.4) is 0 Å². The number of phenols is 1. The fraction of sp³-hybridized carbons (Fsp3) is 0.167. The third-order valence-corrected chi connectivity index (χ3v) is 3.79. The van der Waals surface area contributed by atoms with E-state index in [1.165, 1.54) is 6.07 Å². The van der Waals surface area contributed by atoms with E-state index < -0.39 is 0 Å². The van der Waals surface area contributed by atoms with Crippen molar-refractivity contribution < 1.29 is 10.2 Å². The van der Waals surface area contributed by atoms with Gasteiger partial charge in [-0.05, 0) is 37.3 Å². The molecule has 0 unspecified atom stereocenters. The lowest BCUT2D eigenvalue weighted by molar-refractivity contribution is 0.281. The molecule has 0 amide bonds. The van der Waals surface area contributed by atoms with Gasteiger partial charge in [0.25, 0.3) is 0 Å². The Kier molecular flexibility index (Phi) is 5.50. The van der Waals surface area contributed by atoms with E-state index in [-0.39, 0.29) is 18.4 Å². The summed E-state index contributed by atoms with van der Waals surface area (Å²) in [6.07, 6.45) is 3.38. The van der Waals surface area contributed by atoms with Crippen molar-refractivity contribution in [1.29, 1.82) is 0 Å². The fourth-order valence-electron chi connectivity index (χ4n) is 2.25. The van der Waals surface area contributed by atoms with Gasteiger partial charge in [-0.1, -0.05) is 11.6 Å². The van der Waals surface area contributed by atoms with Crippen LogP contribution in [0.4, 0.5) is 17.5 Å². The van der Waals surface area contributed by atoms with Crippen molar-refractivity contribution in [2.75, 3.05) is 17.2 Å². The molecule has 0 radical (unpaired) electrons. The largest absolute Gasteiger partial charge is 0.506 e. The molecule has 3 aromatic rings. The van der Waals surface area contributed by atoms with Crippen LogP contribution in [0.1, 0.15) is 6.92 Å². The maximum Gasteiger partial charge on any atom is 0.225 e. The maximum atomic E-state index is 10.0. The van der Waals surface area contributed by atoms with Crippen LogP contribution in [0.15, 0.2) is 48.8 Å². The summed E-state index contributed by atoms with van der Waals surface area (Å²) in [6.45, 7) is 1.76. The number of phenolic OH excluding ortho intramolecular Hbond substituents is 1. The molecule has 8 heteroatoms. The van der Waals surface area contributed by atoms with E-state index in [9.17, 15) is 10.2 Å². The van der Waals surface area contributed by atoms with Crippen LogP contribution < -0.4 is 10.6 Å². The predicted molar refractivity (Wildman–Crippen MR) is 102 cm³/mol. The van der Waals surface area contributed by atoms with Gasteiger partial charge in [0.05, 0.1) is 18.0 Å². The number of aromatic nitrogens is 3. The third kappa shape index (κ3) is 4.38. The van der Waals surface area contributed by atoms with Crippen LogP contribution in [-0.2, 0) is 0 Å². The van der Waals surface area contributed by atoms with Crippen molar-refractivity contribution in [3.05, 3.63) is 53.8 Å². The molecule has 0 bridgehead atoms. The van der Waals surface area contributed by atoms with Crippen molar-refractivity contribution in [1.82, 2.24) is 15.0 Å². The normalized spacial score (nSPS) is 11.8. The minimum Gasteiger partial charge on any atom is -0.506 e. The van der Waals surface area contributed by atoms with Crippen molar-refractivity contribution in [3.8, 4) is 17.0 Å². The fourth-order valence-corrected chi connectivity index (χ4v) is 2.42. The first-order valence-electron chi connectivity index (χ1n) is 7.97. The quantitative estimate of drug-likeness (QED) is 0.492. The zero-order valence-electron chi connectivity index (χ0n) is 14.0. The number of halogens is 1. The second-order valence-electron chi connectivity index (χ2n) is 5.72. The van der Waals surface area contributed by atoms with Crippen molar-refractivity contribution >= 4 is 29.1 Å². The predicted octanol–water partition coefficient (Wildman–Crippen LogP) is 3.43. The van der Waals surface area contributed by atoms with Crippen LogP contribution >= 0.6 is 11.6 Å². The zero-order valence-corrected chi connectivity index (χ0v) is 14.8. The first kappa shape index (κ1) is 17.9. The monoisotopic (exact) mass is 371 g/mol. The Hall–Kier alpha value is -2.90. The lowest BCUT2D eigenvalue weighted by Crippen LogP contribution is -2.21.